The summed E-state index contributed by atoms with van der Waals surface area (Å²) in [6.45, 7) is 9.15. The van der Waals surface area contributed by atoms with Gasteiger partial charge in [-0.25, -0.2) is 4.57 Å². The molecule has 9 rings (SSSR count). The number of hydrogen-bond donors (Lipinski definition) is 0. The third-order valence-corrected chi connectivity index (χ3v) is 11.6. The Morgan fingerprint density at radius 1 is 0.792 bits per heavy atom. The maximum Gasteiger partial charge on any atom is 0.298 e. The summed E-state index contributed by atoms with van der Waals surface area (Å²) in [5.74, 6) is 0.673. The van der Waals surface area contributed by atoms with Gasteiger partial charge in [-0.3, -0.25) is 0 Å². The summed E-state index contributed by atoms with van der Waals surface area (Å²) in [6, 6.07) is 37.4. The number of furan rings is 1. The smallest absolute Gasteiger partial charge is 0.298 e. The van der Waals surface area contributed by atoms with Crippen molar-refractivity contribution < 1.29 is 10.4 Å². The Morgan fingerprint density at radius 2 is 1.55 bits per heavy atom. The van der Waals surface area contributed by atoms with Crippen LogP contribution in [-0.2, 0) is 12.5 Å². The van der Waals surface area contributed by atoms with Crippen LogP contribution in [0.15, 0.2) is 132 Å². The molecule has 0 atom stereocenters. The highest BCUT2D eigenvalue weighted by atomic mass is 16.3. The number of para-hydroxylation sites is 3. The van der Waals surface area contributed by atoms with E-state index in [0.717, 1.165) is 70.9 Å². The van der Waals surface area contributed by atoms with Crippen molar-refractivity contribution in [3.63, 3.8) is 0 Å². The molecule has 0 aliphatic heterocycles. The van der Waals surface area contributed by atoms with E-state index in [2.05, 4.69) is 165 Å². The van der Waals surface area contributed by atoms with Crippen molar-refractivity contribution >= 4 is 44.1 Å². The van der Waals surface area contributed by atoms with Crippen molar-refractivity contribution in [1.82, 2.24) is 4.57 Å². The molecule has 0 saturated heterocycles. The third kappa shape index (κ3) is 5.87. The molecule has 5 aromatic carbocycles. The molecule has 1 fully saturated rings. The molecule has 7 aromatic rings. The van der Waals surface area contributed by atoms with Crippen LogP contribution in [0.4, 0.5) is 0 Å². The van der Waals surface area contributed by atoms with E-state index in [4.69, 9.17) is 5.79 Å². The summed E-state index contributed by atoms with van der Waals surface area (Å²) in [6.07, 6.45) is 15.5. The Hall–Kier alpha value is -5.41. The molecular formula is C50H49N2O+. The first-order valence-corrected chi connectivity index (χ1v) is 19.3. The highest BCUT2D eigenvalue weighted by molar-refractivity contribution is 6.09. The molecule has 0 unspecified atom stereocenters. The lowest BCUT2D eigenvalue weighted by Crippen LogP contribution is -2.30. The Morgan fingerprint density at radius 3 is 2.36 bits per heavy atom. The van der Waals surface area contributed by atoms with Gasteiger partial charge in [-0.2, -0.15) is 4.57 Å². The van der Waals surface area contributed by atoms with Crippen LogP contribution in [0.5, 0.6) is 0 Å². The number of allylic oxidation sites excluding steroid dienone is 6. The quantitative estimate of drug-likeness (QED) is 0.164. The third-order valence-electron chi connectivity index (χ3n) is 11.6. The minimum Gasteiger partial charge on any atom is -0.455 e. The van der Waals surface area contributed by atoms with Gasteiger partial charge in [0.05, 0.1) is 7.05 Å². The van der Waals surface area contributed by atoms with Gasteiger partial charge < -0.3 is 4.42 Å². The van der Waals surface area contributed by atoms with Gasteiger partial charge in [-0.15, -0.1) is 0 Å². The summed E-state index contributed by atoms with van der Waals surface area (Å²) in [7, 11) is 2.18. The number of aryl methyl sites for hydroxylation is 2. The van der Waals surface area contributed by atoms with Crippen molar-refractivity contribution in [2.45, 2.75) is 77.5 Å². The van der Waals surface area contributed by atoms with Crippen LogP contribution in [0.3, 0.4) is 0 Å². The topological polar surface area (TPSA) is 21.9 Å². The average Bonchev–Trinajstić information content (AvgIpc) is 3.57. The molecule has 3 heteroatoms. The Bertz CT molecular complexity index is 2670. The summed E-state index contributed by atoms with van der Waals surface area (Å²) in [5.41, 5.74) is 14.9. The fourth-order valence-corrected chi connectivity index (χ4v) is 8.74. The molecule has 1 saturated carbocycles. The van der Waals surface area contributed by atoms with Crippen LogP contribution in [-0.4, -0.2) is 4.57 Å². The molecular weight excluding hydrogens is 645 g/mol. The van der Waals surface area contributed by atoms with Crippen LogP contribution in [0.25, 0.3) is 61.2 Å². The fraction of sp³-hybridized carbons (Fsp3) is 0.260. The van der Waals surface area contributed by atoms with Gasteiger partial charge in [-0.05, 0) is 101 Å². The van der Waals surface area contributed by atoms with Crippen LogP contribution in [0.2, 0.25) is 0 Å². The van der Waals surface area contributed by atoms with E-state index in [9.17, 15) is 0 Å². The highest BCUT2D eigenvalue weighted by Gasteiger charge is 2.33. The first-order chi connectivity index (χ1) is 26.1. The van der Waals surface area contributed by atoms with E-state index < -0.39 is 5.89 Å². The number of aromatic nitrogens is 2. The molecule has 2 aliphatic carbocycles. The van der Waals surface area contributed by atoms with Crippen molar-refractivity contribution in [2.24, 2.45) is 7.05 Å². The van der Waals surface area contributed by atoms with Gasteiger partial charge in [0.2, 0.25) is 0 Å². The van der Waals surface area contributed by atoms with Gasteiger partial charge in [0.15, 0.2) is 16.6 Å². The number of hydrogen-bond acceptors (Lipinski definition) is 1. The molecule has 264 valence electrons. The number of benzene rings is 5. The summed E-state index contributed by atoms with van der Waals surface area (Å²) in [5, 5.41) is 2.27. The summed E-state index contributed by atoms with van der Waals surface area (Å²) >= 11 is 0. The molecule has 53 heavy (non-hydrogen) atoms. The maximum absolute atomic E-state index is 9.08. The van der Waals surface area contributed by atoms with E-state index in [0.29, 0.717) is 0 Å². The van der Waals surface area contributed by atoms with Gasteiger partial charge in [0.25, 0.3) is 5.82 Å². The van der Waals surface area contributed by atoms with E-state index in [1.54, 1.807) is 0 Å². The summed E-state index contributed by atoms with van der Waals surface area (Å²) < 4.78 is 20.6. The van der Waals surface area contributed by atoms with Crippen molar-refractivity contribution in [1.29, 1.82) is 0 Å². The van der Waals surface area contributed by atoms with Crippen molar-refractivity contribution in [2.75, 3.05) is 0 Å². The second kappa shape index (κ2) is 13.2. The average molecular weight is 695 g/mol. The molecule has 0 amide bonds. The van der Waals surface area contributed by atoms with Gasteiger partial charge >= 0.3 is 0 Å². The maximum atomic E-state index is 9.08. The molecule has 0 radical (unpaired) electrons. The molecule has 0 bridgehead atoms. The standard InChI is InChI=1S/C50H49N2O/c1-33-22-30-41-40-18-9-12-21-46(40)53-48(41)47(33)49-51(5)44-19-10-11-20-45(44)52(49)43-31-29-39(32-42(43)50(2,3)4)36-17-13-16-35(23-24-36)38-27-25-37(26-28-38)34-14-7-6-8-15-34/h9-13,17-32,34H,6-8,14-16H2,1-5H3/q+1/i34D. The number of imidazole rings is 1. The van der Waals surface area contributed by atoms with E-state index in [1.165, 1.54) is 56.6 Å². The van der Waals surface area contributed by atoms with Crippen molar-refractivity contribution in [3.8, 4) is 17.1 Å². The number of nitrogens with zero attached hydrogens (tertiary/aromatic N) is 2. The molecule has 0 spiro atoms. The van der Waals surface area contributed by atoms with Crippen molar-refractivity contribution in [3.05, 3.63) is 155 Å². The largest absolute Gasteiger partial charge is 0.455 e. The zero-order chi connectivity index (χ0) is 37.2. The SMILES string of the molecule is [2H]C1(c2ccc(C3=CC=C(c4ccc(-n5c(-c6c(C)ccc7c6oc6ccccc67)[n+](C)c6ccccc65)c(C(C)(C)C)c4)C=CC3)cc2)CCCCC1. The Labute approximate surface area is 315 Å². The minimum atomic E-state index is -0.427. The Balaban J connectivity index is 1.16. The van der Waals surface area contributed by atoms with Crippen LogP contribution < -0.4 is 4.57 Å². The van der Waals surface area contributed by atoms with Crippen LogP contribution in [0, 0.1) is 6.92 Å². The highest BCUT2D eigenvalue weighted by Crippen LogP contribution is 2.41. The number of rotatable bonds is 5. The Kier molecular flexibility index (Phi) is 8.05. The van der Waals surface area contributed by atoms with Gasteiger partial charge in [0.1, 0.15) is 16.8 Å². The van der Waals surface area contributed by atoms with Gasteiger partial charge in [-0.1, -0.05) is 137 Å². The lowest BCUT2D eigenvalue weighted by Gasteiger charge is -2.23. The first kappa shape index (κ1) is 32.3. The molecule has 2 aromatic heterocycles. The van der Waals surface area contributed by atoms with Gasteiger partial charge in [0, 0.05) is 17.7 Å². The molecule has 3 nitrogen and oxygen atoms in total. The molecule has 2 aliphatic rings. The molecule has 0 N–H and O–H groups in total. The minimum absolute atomic E-state index is 0.141. The predicted octanol–water partition coefficient (Wildman–Crippen LogP) is 13.1. The summed E-state index contributed by atoms with van der Waals surface area (Å²) in [4.78, 5) is 0. The second-order valence-corrected chi connectivity index (χ2v) is 16.1. The van der Waals surface area contributed by atoms with Crippen LogP contribution >= 0.6 is 0 Å². The predicted molar refractivity (Wildman–Crippen MR) is 223 cm³/mol. The van der Waals surface area contributed by atoms with E-state index >= 15 is 0 Å². The zero-order valence-electron chi connectivity index (χ0n) is 32.7. The zero-order valence-corrected chi connectivity index (χ0v) is 31.7. The monoisotopic (exact) mass is 694 g/mol. The lowest BCUT2D eigenvalue weighted by molar-refractivity contribution is -0.633. The normalized spacial score (nSPS) is 16.5. The first-order valence-electron chi connectivity index (χ1n) is 19.8. The second-order valence-electron chi connectivity index (χ2n) is 16.1. The van der Waals surface area contributed by atoms with E-state index in [1.807, 2.05) is 6.07 Å². The van der Waals surface area contributed by atoms with Crippen LogP contribution in [0.1, 0.15) is 94.4 Å². The lowest BCUT2D eigenvalue weighted by atomic mass is 9.83. The fourth-order valence-electron chi connectivity index (χ4n) is 8.74. The number of fused-ring (bicyclic) bond motifs is 4. The molecule has 2 heterocycles. The van der Waals surface area contributed by atoms with E-state index in [-0.39, 0.29) is 5.41 Å².